The number of imide groups is 1. The number of carbonyl (C=O) groups is 4. The number of rotatable bonds is 24. The molecule has 3 aliphatic rings. The highest BCUT2D eigenvalue weighted by Gasteiger charge is 2.46. The third kappa shape index (κ3) is 11.9. The highest BCUT2D eigenvalue weighted by molar-refractivity contribution is 7.94. The molecular weight excluding hydrogens is 971 g/mol. The Morgan fingerprint density at radius 1 is 0.781 bits per heavy atom. The molecule has 0 aliphatic carbocycles. The van der Waals surface area contributed by atoms with E-state index in [1.807, 2.05) is 6.07 Å². The highest BCUT2D eigenvalue weighted by Crippen LogP contribution is 2.51. The molecule has 3 N–H and O–H groups in total. The second-order valence-corrected chi connectivity index (χ2v) is 20.5. The number of nitrogens with one attached hydrogen (secondary N) is 1. The minimum absolute atomic E-state index is 0.0382. The maximum Gasteiger partial charge on any atom is 0.333 e. The van der Waals surface area contributed by atoms with Gasteiger partial charge in [-0.05, 0) is 96.6 Å². The van der Waals surface area contributed by atoms with Gasteiger partial charge in [0, 0.05) is 121 Å². The van der Waals surface area contributed by atoms with Crippen LogP contribution in [0.2, 0.25) is 0 Å². The SMILES string of the molecule is CC1(C)C(/C=C/C(=C/C=C2/N(CCCSOOO)c3ccc4ccccc4c3C2(C)C)c2ccc(C(=O)NCCCCCC(=O)ON3C(=O)CCC3=O)cn2)=[N+](CCCSOOO)c2ccc3ccccc3c21. The zero-order valence-corrected chi connectivity index (χ0v) is 43.0. The molecule has 4 aromatic carbocycles. The first-order valence-corrected chi connectivity index (χ1v) is 26.3. The normalized spacial score (nSPS) is 16.7. The second kappa shape index (κ2) is 24.2. The summed E-state index contributed by atoms with van der Waals surface area (Å²) < 4.78 is 11.8. The Kier molecular flexibility index (Phi) is 17.6. The van der Waals surface area contributed by atoms with Crippen molar-refractivity contribution < 1.29 is 57.8 Å². The Labute approximate surface area is 432 Å². The molecule has 0 spiro atoms. The summed E-state index contributed by atoms with van der Waals surface area (Å²) in [7, 11) is 0. The lowest BCUT2D eigenvalue weighted by atomic mass is 9.79. The van der Waals surface area contributed by atoms with E-state index >= 15 is 0 Å². The van der Waals surface area contributed by atoms with Crippen molar-refractivity contribution in [1.82, 2.24) is 15.4 Å². The van der Waals surface area contributed by atoms with Gasteiger partial charge in [-0.2, -0.15) is 4.58 Å². The van der Waals surface area contributed by atoms with Crippen LogP contribution >= 0.6 is 24.1 Å². The smallest absolute Gasteiger partial charge is 0.333 e. The minimum atomic E-state index is -0.644. The molecule has 0 bridgehead atoms. The number of allylic oxidation sites excluding steroid dienone is 6. The van der Waals surface area contributed by atoms with Crippen LogP contribution in [0.3, 0.4) is 0 Å². The zero-order valence-electron chi connectivity index (χ0n) is 41.3. The molecule has 0 unspecified atom stereocenters. The number of anilines is 1. The minimum Gasteiger partial charge on any atom is -0.352 e. The lowest BCUT2D eigenvalue weighted by Crippen LogP contribution is -2.31. The predicted molar refractivity (Wildman–Crippen MR) is 282 cm³/mol. The van der Waals surface area contributed by atoms with Gasteiger partial charge in [0.2, 0.25) is 5.69 Å². The van der Waals surface area contributed by atoms with Crippen LogP contribution in [0.4, 0.5) is 11.4 Å². The Morgan fingerprint density at radius 3 is 2.14 bits per heavy atom. The van der Waals surface area contributed by atoms with Gasteiger partial charge in [-0.1, -0.05) is 91.0 Å². The molecule has 5 aromatic rings. The van der Waals surface area contributed by atoms with Crippen LogP contribution in [-0.2, 0) is 48.8 Å². The molecule has 1 saturated heterocycles. The summed E-state index contributed by atoms with van der Waals surface area (Å²) in [6.45, 7) is 10.7. The van der Waals surface area contributed by atoms with Crippen LogP contribution < -0.4 is 10.2 Å². The van der Waals surface area contributed by atoms with Crippen molar-refractivity contribution in [2.45, 2.75) is 89.9 Å². The topological polar surface area (TPSA) is 189 Å². The largest absolute Gasteiger partial charge is 0.352 e. The standard InChI is InChI=1S/C55H59N5O11S2/c1-54(2)46(58(32-12-34-72-70-68-65)44-25-20-37-14-7-9-16-41(37)51(44)54)27-22-39(43-24-19-40(36-57-43)53(64)56-31-11-5-6-18-50(63)67-60-48(61)29-30-49(60)62)23-28-47-55(3,4)52-42-17-10-8-15-38(42)21-26-45(52)59(47)33-13-35-73-71-69-66/h7-10,14-17,19-28,36H,5-6,11-13,18,29-35H2,1-4H3,(H2-,56,64,65,66)/p+1. The van der Waals surface area contributed by atoms with Crippen LogP contribution in [0.25, 0.3) is 27.1 Å². The fourth-order valence-electron chi connectivity index (χ4n) is 10.2. The van der Waals surface area contributed by atoms with Gasteiger partial charge in [0.1, 0.15) is 6.54 Å². The van der Waals surface area contributed by atoms with Crippen LogP contribution in [0, 0.1) is 0 Å². The lowest BCUT2D eigenvalue weighted by molar-refractivity contribution is -0.438. The monoisotopic (exact) mass is 1030 g/mol. The third-order valence-corrected chi connectivity index (χ3v) is 14.8. The molecular formula is C55H60N5O11S2+. The number of benzene rings is 4. The van der Waals surface area contributed by atoms with E-state index in [9.17, 15) is 19.2 Å². The number of nitrogens with zero attached hydrogens (tertiary/aromatic N) is 4. The summed E-state index contributed by atoms with van der Waals surface area (Å²) in [6, 6.07) is 29.2. The average Bonchev–Trinajstić information content (AvgIpc) is 3.91. The fraction of sp³-hybridized carbons (Fsp3) is 0.345. The Balaban J connectivity index is 1.10. The molecule has 16 nitrogen and oxygen atoms in total. The van der Waals surface area contributed by atoms with Crippen molar-refractivity contribution in [1.29, 1.82) is 0 Å². The number of fused-ring (bicyclic) bond motifs is 6. The molecule has 4 heterocycles. The molecule has 0 radical (unpaired) electrons. The van der Waals surface area contributed by atoms with E-state index in [0.717, 1.165) is 76.1 Å². The molecule has 1 fully saturated rings. The number of hydroxylamine groups is 2. The number of carbonyl (C=O) groups excluding carboxylic acids is 4. The number of pyridine rings is 1. The fourth-order valence-corrected chi connectivity index (χ4v) is 10.9. The van der Waals surface area contributed by atoms with Crippen molar-refractivity contribution in [2.75, 3.05) is 36.0 Å². The molecule has 3 amide bonds. The van der Waals surface area contributed by atoms with E-state index in [0.29, 0.717) is 66.7 Å². The van der Waals surface area contributed by atoms with Crippen LogP contribution in [0.5, 0.6) is 0 Å². The predicted octanol–water partition coefficient (Wildman–Crippen LogP) is 10.9. The van der Waals surface area contributed by atoms with Crippen LogP contribution in [0.1, 0.15) is 106 Å². The molecule has 8 rings (SSSR count). The third-order valence-electron chi connectivity index (χ3n) is 13.6. The number of hydrogen-bond donors (Lipinski definition) is 3. The van der Waals surface area contributed by atoms with Crippen molar-refractivity contribution in [3.05, 3.63) is 144 Å². The van der Waals surface area contributed by atoms with Crippen LogP contribution in [-0.4, -0.2) is 85.7 Å². The van der Waals surface area contributed by atoms with Gasteiger partial charge in [-0.25, -0.2) is 15.3 Å². The molecule has 0 saturated carbocycles. The molecule has 3 aliphatic heterocycles. The summed E-state index contributed by atoms with van der Waals surface area (Å²) in [5, 5.41) is 33.4. The summed E-state index contributed by atoms with van der Waals surface area (Å²) in [5.74, 6) is -0.802. The zero-order chi connectivity index (χ0) is 51.5. The second-order valence-electron chi connectivity index (χ2n) is 19.0. The number of hydrogen-bond acceptors (Lipinski definition) is 15. The maximum atomic E-state index is 13.4. The van der Waals surface area contributed by atoms with E-state index in [1.54, 1.807) is 12.3 Å². The summed E-state index contributed by atoms with van der Waals surface area (Å²) >= 11 is 2.07. The molecule has 18 heteroatoms. The number of aromatic nitrogens is 1. The Morgan fingerprint density at radius 2 is 1.45 bits per heavy atom. The van der Waals surface area contributed by atoms with E-state index in [1.165, 1.54) is 21.9 Å². The van der Waals surface area contributed by atoms with Crippen LogP contribution in [0.15, 0.2) is 121 Å². The van der Waals surface area contributed by atoms with Gasteiger partial charge in [0.05, 0.1) is 16.7 Å². The average molecular weight is 1030 g/mol. The van der Waals surface area contributed by atoms with E-state index < -0.39 is 28.6 Å². The van der Waals surface area contributed by atoms with Gasteiger partial charge in [-0.15, -0.1) is 13.7 Å². The highest BCUT2D eigenvalue weighted by atomic mass is 32.2. The van der Waals surface area contributed by atoms with E-state index in [2.05, 4.69) is 150 Å². The first kappa shape index (κ1) is 53.1. The molecule has 0 atom stereocenters. The first-order chi connectivity index (χ1) is 35.3. The maximum absolute atomic E-state index is 13.4. The Bertz CT molecular complexity index is 2970. The number of unbranched alkanes of at least 4 members (excludes halogenated alkanes) is 2. The van der Waals surface area contributed by atoms with Gasteiger partial charge >= 0.3 is 5.97 Å². The van der Waals surface area contributed by atoms with Gasteiger partial charge in [0.25, 0.3) is 17.7 Å². The van der Waals surface area contributed by atoms with E-state index in [4.69, 9.17) is 29.0 Å². The summed E-state index contributed by atoms with van der Waals surface area (Å²) in [6.07, 6.45) is 13.4. The Hall–Kier alpha value is -6.22. The summed E-state index contributed by atoms with van der Waals surface area (Å²) in [4.78, 5) is 61.4. The molecule has 73 heavy (non-hydrogen) atoms. The van der Waals surface area contributed by atoms with E-state index in [-0.39, 0.29) is 25.2 Å². The summed E-state index contributed by atoms with van der Waals surface area (Å²) in [5.41, 5.74) is 7.87. The van der Waals surface area contributed by atoms with Crippen molar-refractivity contribution in [2.24, 2.45) is 0 Å². The molecule has 1 aromatic heterocycles. The van der Waals surface area contributed by atoms with Gasteiger partial charge in [-0.3, -0.25) is 19.4 Å². The van der Waals surface area contributed by atoms with Crippen molar-refractivity contribution in [3.63, 3.8) is 0 Å². The van der Waals surface area contributed by atoms with Crippen molar-refractivity contribution >= 4 is 92.0 Å². The first-order valence-electron chi connectivity index (χ1n) is 24.4. The number of amides is 3. The lowest BCUT2D eigenvalue weighted by Gasteiger charge is -2.27. The van der Waals surface area contributed by atoms with Gasteiger partial charge in [0.15, 0.2) is 5.71 Å². The van der Waals surface area contributed by atoms with Gasteiger partial charge < -0.3 is 15.1 Å². The molecule has 382 valence electrons. The quantitative estimate of drug-likeness (QED) is 0.0101. The van der Waals surface area contributed by atoms with Crippen molar-refractivity contribution in [3.8, 4) is 0 Å².